The van der Waals surface area contributed by atoms with Gasteiger partial charge in [-0.3, -0.25) is 0 Å². The van der Waals surface area contributed by atoms with Crippen LogP contribution in [0, 0.1) is 0 Å². The number of hydrogen-bond donors (Lipinski definition) is 0. The number of hydrogen-bond acceptors (Lipinski definition) is 0. The average molecular weight is 401 g/mol. The summed E-state index contributed by atoms with van der Waals surface area (Å²) < 4.78 is 0. The molecular weight excluding hydrogens is 368 g/mol. The van der Waals surface area contributed by atoms with Gasteiger partial charge in [0.25, 0.3) is 0 Å². The Bertz CT molecular complexity index is 970. The van der Waals surface area contributed by atoms with E-state index >= 15 is 0 Å². The first kappa shape index (κ1) is 19.4. The molecule has 2 heteroatoms. The SMILES string of the molecule is CC1=CC([Si](C)(C)C2C=CC=C2)c2cccc(-c3ccc([Si](C)(C)C)cc3)c21. The fraction of sp³-hybridized carbons (Fsp3) is 0.308. The lowest BCUT2D eigenvalue weighted by atomic mass is 9.94. The van der Waals surface area contributed by atoms with E-state index in [4.69, 9.17) is 0 Å². The van der Waals surface area contributed by atoms with Crippen molar-refractivity contribution in [1.82, 2.24) is 0 Å². The van der Waals surface area contributed by atoms with Gasteiger partial charge in [-0.1, -0.05) is 111 Å². The van der Waals surface area contributed by atoms with Gasteiger partial charge in [-0.25, -0.2) is 0 Å². The summed E-state index contributed by atoms with van der Waals surface area (Å²) in [6.07, 6.45) is 11.8. The van der Waals surface area contributed by atoms with Crippen LogP contribution in [0.4, 0.5) is 0 Å². The third-order valence-electron chi connectivity index (χ3n) is 6.71. The first-order chi connectivity index (χ1) is 13.2. The molecule has 0 saturated heterocycles. The van der Waals surface area contributed by atoms with Crippen molar-refractivity contribution in [2.24, 2.45) is 0 Å². The molecule has 1 unspecified atom stereocenters. The van der Waals surface area contributed by atoms with E-state index in [2.05, 4.69) is 113 Å². The van der Waals surface area contributed by atoms with Crippen molar-refractivity contribution in [1.29, 1.82) is 0 Å². The molecule has 2 aromatic rings. The zero-order chi connectivity index (χ0) is 20.1. The Morgan fingerprint density at radius 2 is 1.43 bits per heavy atom. The molecule has 0 saturated carbocycles. The first-order valence-electron chi connectivity index (χ1n) is 10.5. The van der Waals surface area contributed by atoms with Gasteiger partial charge in [0.1, 0.15) is 0 Å². The summed E-state index contributed by atoms with van der Waals surface area (Å²) in [6, 6.07) is 16.4. The monoisotopic (exact) mass is 400 g/mol. The minimum absolute atomic E-state index is 0.584. The molecule has 0 aromatic heterocycles. The zero-order valence-electron chi connectivity index (χ0n) is 18.1. The molecule has 0 amide bonds. The van der Waals surface area contributed by atoms with Gasteiger partial charge in [-0.05, 0) is 45.8 Å². The molecule has 28 heavy (non-hydrogen) atoms. The lowest BCUT2D eigenvalue weighted by molar-refractivity contribution is 1.09. The summed E-state index contributed by atoms with van der Waals surface area (Å²) in [4.78, 5) is 0. The Labute approximate surface area is 172 Å². The van der Waals surface area contributed by atoms with Crippen LogP contribution in [-0.4, -0.2) is 16.1 Å². The van der Waals surface area contributed by atoms with Crippen LogP contribution in [0.1, 0.15) is 23.6 Å². The quantitative estimate of drug-likeness (QED) is 0.478. The molecule has 0 N–H and O–H groups in total. The van der Waals surface area contributed by atoms with Crippen LogP contribution in [-0.2, 0) is 0 Å². The van der Waals surface area contributed by atoms with Crippen LogP contribution in [0.5, 0.6) is 0 Å². The second-order valence-corrected chi connectivity index (χ2v) is 20.1. The molecule has 144 valence electrons. The minimum Gasteiger partial charge on any atom is -0.0803 e. The normalized spacial score (nSPS) is 19.2. The molecular formula is C26H32Si2. The van der Waals surface area contributed by atoms with Crippen LogP contribution in [0.25, 0.3) is 16.7 Å². The van der Waals surface area contributed by atoms with Gasteiger partial charge in [-0.2, -0.15) is 0 Å². The lowest BCUT2D eigenvalue weighted by Crippen LogP contribution is -2.37. The number of benzene rings is 2. The third-order valence-corrected chi connectivity index (χ3v) is 13.0. The summed E-state index contributed by atoms with van der Waals surface area (Å²) in [5.41, 5.74) is 8.46. The van der Waals surface area contributed by atoms with Crippen LogP contribution in [0.3, 0.4) is 0 Å². The van der Waals surface area contributed by atoms with Crippen molar-refractivity contribution >= 4 is 26.9 Å². The number of rotatable bonds is 4. The van der Waals surface area contributed by atoms with E-state index in [-0.39, 0.29) is 0 Å². The van der Waals surface area contributed by atoms with Gasteiger partial charge >= 0.3 is 0 Å². The Kier molecular flexibility index (Phi) is 4.75. The first-order valence-corrected chi connectivity index (χ1v) is 17.1. The van der Waals surface area contributed by atoms with Gasteiger partial charge in [-0.15, -0.1) is 0 Å². The molecule has 0 radical (unpaired) electrons. The Balaban J connectivity index is 1.77. The molecule has 2 aromatic carbocycles. The van der Waals surface area contributed by atoms with E-state index in [1.807, 2.05) is 0 Å². The second kappa shape index (κ2) is 6.86. The van der Waals surface area contributed by atoms with E-state index in [0.717, 1.165) is 0 Å². The second-order valence-electron chi connectivity index (χ2n) is 10.0. The standard InChI is InChI=1S/C26H32Si2/c1-19-18-25(28(5,6)22-10-7-8-11-22)24-13-9-12-23(26(19)24)20-14-16-21(17-15-20)27(2,3)4/h7-18,22,25H,1-6H3. The summed E-state index contributed by atoms with van der Waals surface area (Å²) in [5.74, 6) is 0. The van der Waals surface area contributed by atoms with Crippen molar-refractivity contribution in [3.05, 3.63) is 84.0 Å². The highest BCUT2D eigenvalue weighted by atomic mass is 28.3. The predicted octanol–water partition coefficient (Wildman–Crippen LogP) is 7.14. The Morgan fingerprint density at radius 1 is 0.786 bits per heavy atom. The van der Waals surface area contributed by atoms with Crippen LogP contribution in [0.15, 0.2) is 72.8 Å². The average Bonchev–Trinajstić information content (AvgIpc) is 3.30. The van der Waals surface area contributed by atoms with Crippen molar-refractivity contribution in [2.45, 2.75) is 50.7 Å². The molecule has 4 rings (SSSR count). The van der Waals surface area contributed by atoms with Crippen molar-refractivity contribution in [2.75, 3.05) is 0 Å². The van der Waals surface area contributed by atoms with E-state index in [1.54, 1.807) is 5.56 Å². The summed E-state index contributed by atoms with van der Waals surface area (Å²) >= 11 is 0. The molecule has 2 aliphatic rings. The van der Waals surface area contributed by atoms with Crippen molar-refractivity contribution in [3.8, 4) is 11.1 Å². The van der Waals surface area contributed by atoms with Gasteiger partial charge < -0.3 is 0 Å². The Morgan fingerprint density at radius 3 is 2.04 bits per heavy atom. The molecule has 0 fully saturated rings. The van der Waals surface area contributed by atoms with Gasteiger partial charge in [0.05, 0.1) is 16.1 Å². The molecule has 0 bridgehead atoms. The maximum atomic E-state index is 2.57. The highest BCUT2D eigenvalue weighted by Gasteiger charge is 2.41. The highest BCUT2D eigenvalue weighted by molar-refractivity contribution is 6.88. The van der Waals surface area contributed by atoms with Crippen molar-refractivity contribution in [3.63, 3.8) is 0 Å². The van der Waals surface area contributed by atoms with Crippen molar-refractivity contribution < 1.29 is 0 Å². The number of allylic oxidation sites excluding steroid dienone is 6. The molecule has 0 nitrogen and oxygen atoms in total. The maximum absolute atomic E-state index is 2.57. The minimum atomic E-state index is -1.53. The fourth-order valence-corrected chi connectivity index (χ4v) is 9.35. The maximum Gasteiger partial charge on any atom is 0.0775 e. The Hall–Kier alpha value is -1.91. The number of fused-ring (bicyclic) bond motifs is 1. The smallest absolute Gasteiger partial charge is 0.0775 e. The van der Waals surface area contributed by atoms with E-state index < -0.39 is 16.1 Å². The van der Waals surface area contributed by atoms with Gasteiger partial charge in [0.2, 0.25) is 0 Å². The molecule has 1 atom stereocenters. The summed E-state index contributed by atoms with van der Waals surface area (Å²) in [6.45, 7) is 14.7. The van der Waals surface area contributed by atoms with Gasteiger partial charge in [0.15, 0.2) is 0 Å². The summed E-state index contributed by atoms with van der Waals surface area (Å²) in [5, 5.41) is 1.53. The molecule has 0 heterocycles. The fourth-order valence-electron chi connectivity index (χ4n) is 4.83. The van der Waals surface area contributed by atoms with E-state index in [1.165, 1.54) is 27.5 Å². The van der Waals surface area contributed by atoms with Crippen LogP contribution >= 0.6 is 0 Å². The van der Waals surface area contributed by atoms with Crippen LogP contribution in [0.2, 0.25) is 38.3 Å². The summed E-state index contributed by atoms with van der Waals surface area (Å²) in [7, 11) is -2.79. The lowest BCUT2D eigenvalue weighted by Gasteiger charge is -2.33. The molecule has 2 aliphatic carbocycles. The van der Waals surface area contributed by atoms with Crippen LogP contribution < -0.4 is 5.19 Å². The predicted molar refractivity (Wildman–Crippen MR) is 131 cm³/mol. The third kappa shape index (κ3) is 3.23. The topological polar surface area (TPSA) is 0 Å². The van der Waals surface area contributed by atoms with E-state index in [9.17, 15) is 0 Å². The largest absolute Gasteiger partial charge is 0.0803 e. The molecule has 0 spiro atoms. The molecule has 0 aliphatic heterocycles. The van der Waals surface area contributed by atoms with E-state index in [0.29, 0.717) is 11.1 Å². The van der Waals surface area contributed by atoms with Gasteiger partial charge in [0, 0.05) is 0 Å². The zero-order valence-corrected chi connectivity index (χ0v) is 20.1. The highest BCUT2D eigenvalue weighted by Crippen LogP contribution is 2.49.